The van der Waals surface area contributed by atoms with Crippen LogP contribution < -0.4 is 15.4 Å². The summed E-state index contributed by atoms with van der Waals surface area (Å²) < 4.78 is 41.8. The minimum atomic E-state index is -4.21. The molecule has 0 radical (unpaired) electrons. The Balaban J connectivity index is 1.72. The maximum Gasteiger partial charge on any atom is 0.392 e. The summed E-state index contributed by atoms with van der Waals surface area (Å²) in [7, 11) is 1.63. The first-order chi connectivity index (χ1) is 12.8. The SMILES string of the molecule is COc1cccc(CNC2CC[C@H](C(=O)NC/C(C)=C/CC(F)(F)F)C2)c1. The highest BCUT2D eigenvalue weighted by Gasteiger charge is 2.29. The van der Waals surface area contributed by atoms with Gasteiger partial charge in [0.15, 0.2) is 0 Å². The van der Waals surface area contributed by atoms with Crippen molar-refractivity contribution in [2.24, 2.45) is 5.92 Å². The summed E-state index contributed by atoms with van der Waals surface area (Å²) in [6.07, 6.45) is -1.63. The molecular formula is C20H27F3N2O2. The molecule has 0 spiro atoms. The normalized spacial score (nSPS) is 20.6. The van der Waals surface area contributed by atoms with Crippen molar-refractivity contribution in [2.75, 3.05) is 13.7 Å². The third kappa shape index (κ3) is 7.62. The van der Waals surface area contributed by atoms with E-state index in [4.69, 9.17) is 4.74 Å². The van der Waals surface area contributed by atoms with Gasteiger partial charge in [-0.25, -0.2) is 0 Å². The Labute approximate surface area is 158 Å². The van der Waals surface area contributed by atoms with Gasteiger partial charge in [-0.2, -0.15) is 13.2 Å². The Bertz CT molecular complexity index is 659. The number of allylic oxidation sites excluding steroid dienone is 1. The number of carbonyl (C=O) groups is 1. The van der Waals surface area contributed by atoms with Crippen LogP contribution in [-0.4, -0.2) is 31.8 Å². The summed E-state index contributed by atoms with van der Waals surface area (Å²) in [5, 5.41) is 6.22. The number of nitrogens with one attached hydrogen (secondary N) is 2. The molecule has 0 bridgehead atoms. The van der Waals surface area contributed by atoms with Gasteiger partial charge in [0.25, 0.3) is 0 Å². The molecule has 2 rings (SSSR count). The van der Waals surface area contributed by atoms with Crippen LogP contribution in [-0.2, 0) is 11.3 Å². The molecule has 1 saturated carbocycles. The van der Waals surface area contributed by atoms with E-state index < -0.39 is 12.6 Å². The van der Waals surface area contributed by atoms with E-state index in [9.17, 15) is 18.0 Å². The van der Waals surface area contributed by atoms with Gasteiger partial charge in [0.2, 0.25) is 5.91 Å². The van der Waals surface area contributed by atoms with E-state index >= 15 is 0 Å². The molecule has 4 nitrogen and oxygen atoms in total. The largest absolute Gasteiger partial charge is 0.497 e. The fraction of sp³-hybridized carbons (Fsp3) is 0.550. The van der Waals surface area contributed by atoms with Crippen LogP contribution in [0.15, 0.2) is 35.9 Å². The van der Waals surface area contributed by atoms with E-state index in [0.717, 1.165) is 36.7 Å². The number of methoxy groups -OCH3 is 1. The molecule has 1 aromatic carbocycles. The number of benzene rings is 1. The summed E-state index contributed by atoms with van der Waals surface area (Å²) in [5.74, 6) is 0.635. The van der Waals surface area contributed by atoms with E-state index in [0.29, 0.717) is 12.1 Å². The molecule has 7 heteroatoms. The van der Waals surface area contributed by atoms with Crippen molar-refractivity contribution in [3.05, 3.63) is 41.5 Å². The Hall–Kier alpha value is -2.02. The van der Waals surface area contributed by atoms with Crippen molar-refractivity contribution in [3.8, 4) is 5.75 Å². The van der Waals surface area contributed by atoms with Gasteiger partial charge < -0.3 is 15.4 Å². The van der Waals surface area contributed by atoms with Crippen LogP contribution in [0, 0.1) is 5.92 Å². The molecule has 1 aliphatic rings. The molecule has 2 N–H and O–H groups in total. The van der Waals surface area contributed by atoms with Gasteiger partial charge in [0, 0.05) is 25.0 Å². The summed E-state index contributed by atoms with van der Waals surface area (Å²) >= 11 is 0. The second-order valence-electron chi connectivity index (χ2n) is 7.03. The zero-order valence-corrected chi connectivity index (χ0v) is 15.7. The quantitative estimate of drug-likeness (QED) is 0.667. The minimum Gasteiger partial charge on any atom is -0.497 e. The van der Waals surface area contributed by atoms with Crippen molar-refractivity contribution in [1.82, 2.24) is 10.6 Å². The Kier molecular flexibility index (Phi) is 7.71. The first-order valence-electron chi connectivity index (χ1n) is 9.13. The monoisotopic (exact) mass is 384 g/mol. The number of alkyl halides is 3. The topological polar surface area (TPSA) is 50.4 Å². The molecule has 0 aliphatic heterocycles. The molecule has 2 atom stereocenters. The van der Waals surface area contributed by atoms with Crippen LogP contribution in [0.25, 0.3) is 0 Å². The van der Waals surface area contributed by atoms with Crippen LogP contribution >= 0.6 is 0 Å². The van der Waals surface area contributed by atoms with Crippen LogP contribution in [0.1, 0.15) is 38.2 Å². The van der Waals surface area contributed by atoms with Crippen LogP contribution in [0.5, 0.6) is 5.75 Å². The fourth-order valence-electron chi connectivity index (χ4n) is 3.18. The summed E-state index contributed by atoms with van der Waals surface area (Å²) in [6, 6.07) is 8.08. The van der Waals surface area contributed by atoms with Gasteiger partial charge in [-0.15, -0.1) is 0 Å². The smallest absolute Gasteiger partial charge is 0.392 e. The molecule has 1 fully saturated rings. The van der Waals surface area contributed by atoms with E-state index in [1.165, 1.54) is 0 Å². The van der Waals surface area contributed by atoms with Crippen LogP contribution in [0.4, 0.5) is 13.2 Å². The number of carbonyl (C=O) groups excluding carboxylic acids is 1. The van der Waals surface area contributed by atoms with E-state index in [1.807, 2.05) is 24.3 Å². The average Bonchev–Trinajstić information content (AvgIpc) is 3.11. The highest BCUT2D eigenvalue weighted by atomic mass is 19.4. The lowest BCUT2D eigenvalue weighted by Gasteiger charge is -2.14. The Morgan fingerprint density at radius 2 is 2.11 bits per heavy atom. The lowest BCUT2D eigenvalue weighted by Crippen LogP contribution is -2.32. The Morgan fingerprint density at radius 1 is 1.33 bits per heavy atom. The summed E-state index contributed by atoms with van der Waals surface area (Å²) in [6.45, 7) is 2.46. The lowest BCUT2D eigenvalue weighted by molar-refractivity contribution is -0.125. The first kappa shape index (κ1) is 21.3. The molecule has 0 saturated heterocycles. The fourth-order valence-corrected chi connectivity index (χ4v) is 3.18. The van der Waals surface area contributed by atoms with E-state index in [1.54, 1.807) is 14.0 Å². The molecule has 1 amide bonds. The van der Waals surface area contributed by atoms with Crippen molar-refractivity contribution in [1.29, 1.82) is 0 Å². The number of amides is 1. The number of halogens is 3. The standard InChI is InChI=1S/C20H27F3N2O2/c1-14(8-9-20(21,22)23)12-25-19(26)16-6-7-17(11-16)24-13-15-4-3-5-18(10-15)27-2/h3-5,8,10,16-17,24H,6-7,9,11-13H2,1-2H3,(H,25,26)/b14-8+/t16-,17?/m0/s1. The van der Waals surface area contributed by atoms with Gasteiger partial charge in [0.05, 0.1) is 13.5 Å². The van der Waals surface area contributed by atoms with E-state index in [-0.39, 0.29) is 24.4 Å². The van der Waals surface area contributed by atoms with Gasteiger partial charge in [-0.3, -0.25) is 4.79 Å². The molecule has 1 aromatic rings. The van der Waals surface area contributed by atoms with Crippen molar-refractivity contribution in [2.45, 2.75) is 51.4 Å². The van der Waals surface area contributed by atoms with Crippen molar-refractivity contribution < 1.29 is 22.7 Å². The van der Waals surface area contributed by atoms with Gasteiger partial charge >= 0.3 is 6.18 Å². The highest BCUT2D eigenvalue weighted by molar-refractivity contribution is 5.79. The second kappa shape index (κ2) is 9.78. The molecule has 1 unspecified atom stereocenters. The third-order valence-electron chi connectivity index (χ3n) is 4.76. The lowest BCUT2D eigenvalue weighted by atomic mass is 10.1. The van der Waals surface area contributed by atoms with Gasteiger partial charge in [-0.05, 0) is 43.9 Å². The second-order valence-corrected chi connectivity index (χ2v) is 7.03. The molecular weight excluding hydrogens is 357 g/mol. The maximum atomic E-state index is 12.2. The zero-order chi connectivity index (χ0) is 19.9. The van der Waals surface area contributed by atoms with Crippen LogP contribution in [0.3, 0.4) is 0 Å². The summed E-state index contributed by atoms with van der Waals surface area (Å²) in [5.41, 5.74) is 1.64. The van der Waals surface area contributed by atoms with Gasteiger partial charge in [-0.1, -0.05) is 23.8 Å². The van der Waals surface area contributed by atoms with Gasteiger partial charge in [0.1, 0.15) is 5.75 Å². The molecule has 0 heterocycles. The highest BCUT2D eigenvalue weighted by Crippen LogP contribution is 2.26. The number of hydrogen-bond donors (Lipinski definition) is 2. The van der Waals surface area contributed by atoms with Crippen molar-refractivity contribution >= 4 is 5.91 Å². The molecule has 150 valence electrons. The first-order valence-corrected chi connectivity index (χ1v) is 9.13. The minimum absolute atomic E-state index is 0.0829. The summed E-state index contributed by atoms with van der Waals surface area (Å²) in [4.78, 5) is 12.2. The third-order valence-corrected chi connectivity index (χ3v) is 4.76. The predicted octanol–water partition coefficient (Wildman–Crippen LogP) is 3.97. The van der Waals surface area contributed by atoms with Crippen LogP contribution in [0.2, 0.25) is 0 Å². The average molecular weight is 384 g/mol. The Morgan fingerprint density at radius 3 is 2.81 bits per heavy atom. The zero-order valence-electron chi connectivity index (χ0n) is 15.7. The maximum absolute atomic E-state index is 12.2. The molecule has 0 aromatic heterocycles. The number of hydrogen-bond acceptors (Lipinski definition) is 3. The van der Waals surface area contributed by atoms with E-state index in [2.05, 4.69) is 10.6 Å². The number of rotatable bonds is 8. The van der Waals surface area contributed by atoms with Crippen molar-refractivity contribution in [3.63, 3.8) is 0 Å². The molecule has 1 aliphatic carbocycles. The number of ether oxygens (including phenoxy) is 1. The molecule has 27 heavy (non-hydrogen) atoms. The predicted molar refractivity (Wildman–Crippen MR) is 98.4 cm³/mol.